The van der Waals surface area contributed by atoms with E-state index in [0.717, 1.165) is 10.9 Å². The van der Waals surface area contributed by atoms with Gasteiger partial charge in [0.05, 0.1) is 24.3 Å². The molecule has 27 heavy (non-hydrogen) atoms. The van der Waals surface area contributed by atoms with Crippen LogP contribution < -0.4 is 10.1 Å². The van der Waals surface area contributed by atoms with Crippen LogP contribution >= 0.6 is 0 Å². The Kier molecular flexibility index (Phi) is 4.33. The number of rotatable bonds is 5. The molecule has 4 rings (SSSR count). The Morgan fingerprint density at radius 3 is 2.93 bits per heavy atom. The van der Waals surface area contributed by atoms with E-state index in [-0.39, 0.29) is 5.91 Å². The number of pyridine rings is 1. The van der Waals surface area contributed by atoms with Crippen LogP contribution in [-0.2, 0) is 13.6 Å². The van der Waals surface area contributed by atoms with Crippen LogP contribution in [0.1, 0.15) is 15.9 Å². The first-order valence-electron chi connectivity index (χ1n) is 8.44. The fraction of sp³-hybridized carbons (Fsp3) is 0.150. The minimum Gasteiger partial charge on any atom is -0.481 e. The van der Waals surface area contributed by atoms with Gasteiger partial charge < -0.3 is 14.5 Å². The highest BCUT2D eigenvalue weighted by Crippen LogP contribution is 2.25. The molecule has 0 aliphatic rings. The Balaban J connectivity index is 1.55. The number of carbonyl (C=O) groups is 1. The Hall–Kier alpha value is -3.61. The average molecular weight is 362 g/mol. The molecule has 3 aromatic heterocycles. The molecule has 0 bridgehead atoms. The summed E-state index contributed by atoms with van der Waals surface area (Å²) >= 11 is 0. The van der Waals surface area contributed by atoms with Gasteiger partial charge in [-0.2, -0.15) is 5.10 Å². The third-order valence-electron chi connectivity index (χ3n) is 4.32. The zero-order chi connectivity index (χ0) is 18.8. The quantitative estimate of drug-likeness (QED) is 0.590. The Bertz CT molecular complexity index is 1100. The zero-order valence-electron chi connectivity index (χ0n) is 15.0. The minimum atomic E-state index is -0.184. The molecule has 0 saturated heterocycles. The summed E-state index contributed by atoms with van der Waals surface area (Å²) in [6, 6.07) is 12.8. The number of methoxy groups -OCH3 is 1. The lowest BCUT2D eigenvalue weighted by Gasteiger charge is -2.08. The van der Waals surface area contributed by atoms with Gasteiger partial charge in [-0.1, -0.05) is 6.07 Å². The summed E-state index contributed by atoms with van der Waals surface area (Å²) in [5.41, 5.74) is 2.83. The Morgan fingerprint density at radius 2 is 2.15 bits per heavy atom. The highest BCUT2D eigenvalue weighted by atomic mass is 16.5. The predicted octanol–water partition coefficient (Wildman–Crippen LogP) is 3.17. The number of fused-ring (bicyclic) bond motifs is 1. The molecular formula is C20H18N4O3. The summed E-state index contributed by atoms with van der Waals surface area (Å²) in [6.45, 7) is 0.340. The van der Waals surface area contributed by atoms with E-state index in [1.54, 1.807) is 43.4 Å². The number of aromatic nitrogens is 3. The minimum absolute atomic E-state index is 0.184. The normalized spacial score (nSPS) is 10.9. The predicted molar refractivity (Wildman–Crippen MR) is 100 cm³/mol. The molecule has 0 aliphatic carbocycles. The van der Waals surface area contributed by atoms with Gasteiger partial charge in [0.2, 0.25) is 5.88 Å². The molecule has 4 aromatic rings. The number of benzene rings is 1. The van der Waals surface area contributed by atoms with Gasteiger partial charge in [0, 0.05) is 30.9 Å². The number of furan rings is 1. The van der Waals surface area contributed by atoms with Crippen molar-refractivity contribution in [1.82, 2.24) is 20.1 Å². The number of ether oxygens (including phenoxy) is 1. The maximum absolute atomic E-state index is 12.6. The van der Waals surface area contributed by atoms with Crippen LogP contribution in [0.15, 0.2) is 59.3 Å². The summed E-state index contributed by atoms with van der Waals surface area (Å²) in [5.74, 6) is 1.15. The third-order valence-corrected chi connectivity index (χ3v) is 4.32. The van der Waals surface area contributed by atoms with Gasteiger partial charge in [-0.25, -0.2) is 4.68 Å². The molecule has 0 fully saturated rings. The monoisotopic (exact) mass is 362 g/mol. The summed E-state index contributed by atoms with van der Waals surface area (Å²) < 4.78 is 12.4. The first-order chi connectivity index (χ1) is 13.2. The van der Waals surface area contributed by atoms with Gasteiger partial charge in [-0.3, -0.25) is 9.78 Å². The maximum Gasteiger partial charge on any atom is 0.251 e. The van der Waals surface area contributed by atoms with E-state index in [2.05, 4.69) is 15.4 Å². The smallest absolute Gasteiger partial charge is 0.251 e. The number of carbonyl (C=O) groups excluding carboxylic acids is 1. The average Bonchev–Trinajstić information content (AvgIpc) is 3.32. The molecule has 7 heteroatoms. The van der Waals surface area contributed by atoms with Gasteiger partial charge in [0.15, 0.2) is 5.76 Å². The van der Waals surface area contributed by atoms with E-state index >= 15 is 0 Å². The van der Waals surface area contributed by atoms with Crippen LogP contribution in [0.5, 0.6) is 5.88 Å². The fourth-order valence-corrected chi connectivity index (χ4v) is 3.05. The van der Waals surface area contributed by atoms with Gasteiger partial charge in [0.25, 0.3) is 5.91 Å². The van der Waals surface area contributed by atoms with Crippen LogP contribution in [0.3, 0.4) is 0 Å². The molecule has 1 aromatic carbocycles. The second-order valence-corrected chi connectivity index (χ2v) is 6.04. The van der Waals surface area contributed by atoms with Crippen LogP contribution in [0, 0.1) is 0 Å². The zero-order valence-corrected chi connectivity index (χ0v) is 15.0. The topological polar surface area (TPSA) is 82.2 Å². The van der Waals surface area contributed by atoms with Crippen molar-refractivity contribution >= 4 is 16.8 Å². The number of nitrogens with zero attached hydrogens (tertiary/aromatic N) is 3. The largest absolute Gasteiger partial charge is 0.481 e. The van der Waals surface area contributed by atoms with Crippen molar-refractivity contribution < 1.29 is 13.9 Å². The Morgan fingerprint density at radius 1 is 1.26 bits per heavy atom. The number of hydrogen-bond donors (Lipinski definition) is 1. The molecule has 0 radical (unpaired) electrons. The van der Waals surface area contributed by atoms with Crippen molar-refractivity contribution in [2.75, 3.05) is 7.11 Å². The van der Waals surface area contributed by atoms with Crippen LogP contribution in [-0.4, -0.2) is 27.8 Å². The summed E-state index contributed by atoms with van der Waals surface area (Å²) in [5, 5.41) is 8.18. The molecule has 0 unspecified atom stereocenters. The number of nitrogens with one attached hydrogen (secondary N) is 1. The number of aryl methyl sites for hydroxylation is 1. The number of hydrogen-bond acceptors (Lipinski definition) is 5. The van der Waals surface area contributed by atoms with Crippen molar-refractivity contribution in [2.45, 2.75) is 6.54 Å². The molecule has 7 nitrogen and oxygen atoms in total. The fourth-order valence-electron chi connectivity index (χ4n) is 3.05. The van der Waals surface area contributed by atoms with Gasteiger partial charge in [-0.05, 0) is 36.4 Å². The molecule has 0 aliphatic heterocycles. The molecule has 1 amide bonds. The SMILES string of the molecule is COc1c2ccc(C(=O)NCc3cccnc3-c3ccco3)cc2nn1C. The van der Waals surface area contributed by atoms with Gasteiger partial charge in [-0.15, -0.1) is 0 Å². The Labute approximate surface area is 155 Å². The van der Waals surface area contributed by atoms with E-state index in [1.165, 1.54) is 0 Å². The van der Waals surface area contributed by atoms with E-state index < -0.39 is 0 Å². The van der Waals surface area contributed by atoms with Gasteiger partial charge in [0.1, 0.15) is 5.69 Å². The van der Waals surface area contributed by atoms with E-state index in [1.807, 2.05) is 30.3 Å². The first kappa shape index (κ1) is 16.8. The highest BCUT2D eigenvalue weighted by molar-refractivity contribution is 5.98. The molecule has 3 heterocycles. The third kappa shape index (κ3) is 3.15. The van der Waals surface area contributed by atoms with Crippen molar-refractivity contribution in [1.29, 1.82) is 0 Å². The molecule has 0 saturated carbocycles. The standard InChI is InChI=1S/C20H18N4O3/c1-24-20(26-2)15-8-7-13(11-16(15)23-24)19(25)22-12-14-5-3-9-21-18(14)17-6-4-10-27-17/h3-11H,12H2,1-2H3,(H,22,25). The van der Waals surface area contributed by atoms with Crippen LogP contribution in [0.2, 0.25) is 0 Å². The van der Waals surface area contributed by atoms with E-state index in [9.17, 15) is 4.79 Å². The lowest BCUT2D eigenvalue weighted by Crippen LogP contribution is -2.23. The highest BCUT2D eigenvalue weighted by Gasteiger charge is 2.14. The summed E-state index contributed by atoms with van der Waals surface area (Å²) in [7, 11) is 3.40. The molecule has 0 atom stereocenters. The second kappa shape index (κ2) is 6.95. The lowest BCUT2D eigenvalue weighted by atomic mass is 10.1. The molecular weight excluding hydrogens is 344 g/mol. The number of amides is 1. The summed E-state index contributed by atoms with van der Waals surface area (Å²) in [6.07, 6.45) is 3.30. The van der Waals surface area contributed by atoms with Crippen molar-refractivity contribution in [3.63, 3.8) is 0 Å². The van der Waals surface area contributed by atoms with E-state index in [0.29, 0.717) is 35.0 Å². The molecule has 1 N–H and O–H groups in total. The van der Waals surface area contributed by atoms with Gasteiger partial charge >= 0.3 is 0 Å². The van der Waals surface area contributed by atoms with E-state index in [4.69, 9.17) is 9.15 Å². The second-order valence-electron chi connectivity index (χ2n) is 6.04. The van der Waals surface area contributed by atoms with Crippen molar-refractivity contribution in [3.05, 3.63) is 66.1 Å². The van der Waals surface area contributed by atoms with Crippen molar-refractivity contribution in [2.24, 2.45) is 7.05 Å². The maximum atomic E-state index is 12.6. The van der Waals surface area contributed by atoms with Crippen molar-refractivity contribution in [3.8, 4) is 17.3 Å². The lowest BCUT2D eigenvalue weighted by molar-refractivity contribution is 0.0951. The first-order valence-corrected chi connectivity index (χ1v) is 8.44. The summed E-state index contributed by atoms with van der Waals surface area (Å²) in [4.78, 5) is 17.0. The van der Waals surface area contributed by atoms with Crippen LogP contribution in [0.4, 0.5) is 0 Å². The molecule has 0 spiro atoms. The van der Waals surface area contributed by atoms with Crippen LogP contribution in [0.25, 0.3) is 22.4 Å². The molecule has 136 valence electrons.